The van der Waals surface area contributed by atoms with E-state index in [0.29, 0.717) is 16.7 Å². The predicted octanol–water partition coefficient (Wildman–Crippen LogP) is 1.02. The fourth-order valence-electron chi connectivity index (χ4n) is 4.36. The molecule has 2 fully saturated rings. The number of para-hydroxylation sites is 1. The van der Waals surface area contributed by atoms with Crippen LogP contribution >= 0.6 is 15.6 Å². The van der Waals surface area contributed by atoms with Crippen LogP contribution in [0.5, 0.6) is 0 Å². The molecule has 2 saturated heterocycles. The van der Waals surface area contributed by atoms with Gasteiger partial charge in [0.25, 0.3) is 5.56 Å². The minimum absolute atomic E-state index is 0.0222. The number of carbonyl (C=O) groups excluding carboxylic acids is 1. The van der Waals surface area contributed by atoms with Gasteiger partial charge in [-0.05, 0) is 12.1 Å². The third-order valence-electron chi connectivity index (χ3n) is 6.64. The topological polar surface area (TPSA) is 237 Å². The number of hydrogen-bond donors (Lipinski definition) is 3. The maximum absolute atomic E-state index is 13.3. The minimum atomic E-state index is -5.23. The van der Waals surface area contributed by atoms with Gasteiger partial charge in [0.1, 0.15) is 24.0 Å². The summed E-state index contributed by atoms with van der Waals surface area (Å²) >= 11 is 0. The molecule has 2 aliphatic heterocycles. The normalized spacial score (nSPS) is 28.7. The van der Waals surface area contributed by atoms with Crippen molar-refractivity contribution in [2.75, 3.05) is 13.2 Å². The molecule has 3 aromatic rings. The van der Waals surface area contributed by atoms with Crippen molar-refractivity contribution < 1.29 is 60.9 Å². The number of esters is 1. The number of aromatic nitrogens is 3. The van der Waals surface area contributed by atoms with Gasteiger partial charge in [-0.1, -0.05) is 31.1 Å². The maximum atomic E-state index is 13.3. The van der Waals surface area contributed by atoms with Gasteiger partial charge in [-0.15, -0.1) is 0 Å². The van der Waals surface area contributed by atoms with Crippen LogP contribution in [0, 0.1) is 5.92 Å². The zero-order valence-corrected chi connectivity index (χ0v) is 25.0. The minimum Gasteiger partial charge on any atom is -0.435 e. The Labute approximate surface area is 247 Å². The van der Waals surface area contributed by atoms with E-state index in [1.165, 1.54) is 0 Å². The molecule has 4 heterocycles. The van der Waals surface area contributed by atoms with Crippen LogP contribution in [0.3, 0.4) is 0 Å². The molecule has 1 aromatic carbocycles. The average Bonchev–Trinajstić information content (AvgIpc) is 3.49. The fourth-order valence-corrected chi connectivity index (χ4v) is 7.07. The third kappa shape index (κ3) is 6.94. The number of hydrogen-bond acceptors (Lipinski definition) is 15. The quantitative estimate of drug-likeness (QED) is 0.203. The molecule has 5 rings (SSSR count). The Bertz CT molecular complexity index is 1740. The van der Waals surface area contributed by atoms with E-state index in [-0.39, 0.29) is 19.6 Å². The van der Waals surface area contributed by atoms with Crippen LogP contribution in [0.4, 0.5) is 0 Å². The second-order valence-electron chi connectivity index (χ2n) is 10.1. The molecule has 0 spiro atoms. The molecule has 7 atom stereocenters. The smallest absolute Gasteiger partial charge is 0.435 e. The zero-order valence-electron chi connectivity index (χ0n) is 23.2. The lowest BCUT2D eigenvalue weighted by Gasteiger charge is -2.29. The van der Waals surface area contributed by atoms with Gasteiger partial charge >= 0.3 is 27.3 Å². The Morgan fingerprint density at radius 3 is 2.70 bits per heavy atom. The Balaban J connectivity index is 1.25. The van der Waals surface area contributed by atoms with E-state index < -0.39 is 76.2 Å². The summed E-state index contributed by atoms with van der Waals surface area (Å²) in [7, 11) is -9.97. The molecule has 44 heavy (non-hydrogen) atoms. The summed E-state index contributed by atoms with van der Waals surface area (Å²) in [6.45, 7) is 1.65. The SMILES string of the molecule is CC(C)C(=O)O[C@@H]1CCOP(=O)(OP(=O)(O)OC[C@H]2O[C@@H](n3ccc(=O)n(Cc4noc5ccccc45)c3=O)[C@@H](O)[C@H]2O)O1. The number of fused-ring (bicyclic) bond motifs is 1. The number of aliphatic hydroxyl groups excluding tert-OH is 2. The van der Waals surface area contributed by atoms with E-state index in [0.717, 1.165) is 21.4 Å². The van der Waals surface area contributed by atoms with Crippen molar-refractivity contribution in [2.24, 2.45) is 5.92 Å². The lowest BCUT2D eigenvalue weighted by Crippen LogP contribution is -2.43. The third-order valence-corrected chi connectivity index (χ3v) is 9.73. The highest BCUT2D eigenvalue weighted by molar-refractivity contribution is 7.61. The average molecular weight is 661 g/mol. The number of benzene rings is 1. The van der Waals surface area contributed by atoms with Crippen molar-refractivity contribution in [3.05, 3.63) is 63.1 Å². The monoisotopic (exact) mass is 661 g/mol. The van der Waals surface area contributed by atoms with Gasteiger partial charge in [-0.3, -0.25) is 27.8 Å². The van der Waals surface area contributed by atoms with Gasteiger partial charge in [0, 0.05) is 24.1 Å². The lowest BCUT2D eigenvalue weighted by atomic mass is 10.1. The highest BCUT2D eigenvalue weighted by Crippen LogP contribution is 2.65. The molecule has 18 nitrogen and oxygen atoms in total. The van der Waals surface area contributed by atoms with Gasteiger partial charge in [0.05, 0.1) is 25.7 Å². The molecular formula is C24H29N3O15P2. The van der Waals surface area contributed by atoms with Crippen molar-refractivity contribution in [2.45, 2.75) is 57.6 Å². The summed E-state index contributed by atoms with van der Waals surface area (Å²) in [4.78, 5) is 47.8. The summed E-state index contributed by atoms with van der Waals surface area (Å²) in [5.41, 5.74) is -0.868. The second kappa shape index (κ2) is 12.8. The molecule has 0 bridgehead atoms. The van der Waals surface area contributed by atoms with Gasteiger partial charge in [0.2, 0.25) is 6.29 Å². The predicted molar refractivity (Wildman–Crippen MR) is 145 cm³/mol. The Kier molecular flexibility index (Phi) is 9.39. The van der Waals surface area contributed by atoms with Crippen LogP contribution in [0.1, 0.15) is 32.2 Å². The van der Waals surface area contributed by atoms with E-state index in [1.54, 1.807) is 38.1 Å². The maximum Gasteiger partial charge on any atom is 0.486 e. The van der Waals surface area contributed by atoms with E-state index >= 15 is 0 Å². The Hall–Kier alpha value is -3.02. The number of aliphatic hydroxyl groups is 2. The first-order chi connectivity index (χ1) is 20.8. The van der Waals surface area contributed by atoms with Gasteiger partial charge in [-0.2, -0.15) is 4.31 Å². The largest absolute Gasteiger partial charge is 0.486 e. The van der Waals surface area contributed by atoms with E-state index in [9.17, 15) is 38.6 Å². The number of nitrogens with zero attached hydrogens (tertiary/aromatic N) is 3. The standard InChI is InChI=1S/C24H29N3O15P2/c1-13(2)23(31)39-19-8-10-36-44(35,41-19)42-43(33,34)37-12-17-20(29)21(30)22(38-17)26-9-7-18(28)27(24(26)32)11-15-14-5-3-4-6-16(14)40-25-15/h3-7,9,13,17,19-22,29-30H,8,10-12H2,1-2H3,(H,33,34)/t17-,19+,20+,21+,22-,44?/m1/s1. The Morgan fingerprint density at radius 1 is 1.20 bits per heavy atom. The van der Waals surface area contributed by atoms with E-state index in [2.05, 4.69) is 9.47 Å². The zero-order chi connectivity index (χ0) is 31.8. The van der Waals surface area contributed by atoms with E-state index in [1.807, 2.05) is 0 Å². The molecular weight excluding hydrogens is 632 g/mol. The summed E-state index contributed by atoms with van der Waals surface area (Å²) in [5.74, 6) is -1.20. The lowest BCUT2D eigenvalue weighted by molar-refractivity contribution is -0.175. The fraction of sp³-hybridized carbons (Fsp3) is 0.500. The summed E-state index contributed by atoms with van der Waals surface area (Å²) in [6, 6.07) is 7.86. The number of carbonyl (C=O) groups is 1. The van der Waals surface area contributed by atoms with Gasteiger partial charge < -0.3 is 29.1 Å². The van der Waals surface area contributed by atoms with Crippen molar-refractivity contribution in [1.82, 2.24) is 14.3 Å². The van der Waals surface area contributed by atoms with Crippen molar-refractivity contribution in [1.29, 1.82) is 0 Å². The Morgan fingerprint density at radius 2 is 1.95 bits per heavy atom. The summed E-state index contributed by atoms with van der Waals surface area (Å²) < 4.78 is 62.1. The van der Waals surface area contributed by atoms with Gasteiger partial charge in [-0.25, -0.2) is 18.4 Å². The first-order valence-corrected chi connectivity index (χ1v) is 16.2. The molecule has 2 unspecified atom stereocenters. The first-order valence-electron chi connectivity index (χ1n) is 13.3. The number of rotatable bonds is 10. The van der Waals surface area contributed by atoms with Crippen LogP contribution in [0.25, 0.3) is 11.0 Å². The van der Waals surface area contributed by atoms with Gasteiger partial charge in [0.15, 0.2) is 11.8 Å². The van der Waals surface area contributed by atoms with Crippen LogP contribution in [0.15, 0.2) is 50.6 Å². The van der Waals surface area contributed by atoms with Crippen LogP contribution in [0.2, 0.25) is 0 Å². The molecule has 20 heteroatoms. The molecule has 240 valence electrons. The molecule has 0 aliphatic carbocycles. The highest BCUT2D eigenvalue weighted by Gasteiger charge is 2.48. The van der Waals surface area contributed by atoms with E-state index in [4.69, 9.17) is 27.6 Å². The molecule has 2 aliphatic rings. The van der Waals surface area contributed by atoms with Crippen LogP contribution in [-0.4, -0.2) is 73.2 Å². The molecule has 0 saturated carbocycles. The first kappa shape index (κ1) is 32.4. The number of ether oxygens (including phenoxy) is 2. The van der Waals surface area contributed by atoms with Crippen molar-refractivity contribution in [3.63, 3.8) is 0 Å². The second-order valence-corrected chi connectivity index (χ2v) is 13.4. The molecule has 0 radical (unpaired) electrons. The summed E-state index contributed by atoms with van der Waals surface area (Å²) in [5, 5.41) is 25.7. The van der Waals surface area contributed by atoms with Crippen LogP contribution in [-0.2, 0) is 47.8 Å². The summed E-state index contributed by atoms with van der Waals surface area (Å²) in [6.07, 6.45) is -6.89. The molecule has 2 aromatic heterocycles. The number of phosphoric acid groups is 2. The van der Waals surface area contributed by atoms with Crippen molar-refractivity contribution >= 4 is 32.6 Å². The van der Waals surface area contributed by atoms with Crippen LogP contribution < -0.4 is 11.2 Å². The van der Waals surface area contributed by atoms with Crippen molar-refractivity contribution in [3.8, 4) is 0 Å². The molecule has 3 N–H and O–H groups in total. The molecule has 0 amide bonds. The number of phosphoric ester groups is 2. The highest BCUT2D eigenvalue weighted by atomic mass is 31.3.